The van der Waals surface area contributed by atoms with Gasteiger partial charge in [0.25, 0.3) is 0 Å². The largest absolute Gasteiger partial charge is 0.370 e. The molecular weight excluding hydrogens is 361 g/mol. The van der Waals surface area contributed by atoms with Crippen LogP contribution < -0.4 is 11.1 Å². The fraction of sp³-hybridized carbons (Fsp3) is 0.562. The highest BCUT2D eigenvalue weighted by molar-refractivity contribution is 14.0. The Hall–Kier alpha value is -0.780. The lowest BCUT2D eigenvalue weighted by atomic mass is 9.78. The van der Waals surface area contributed by atoms with E-state index in [4.69, 9.17) is 5.73 Å². The minimum absolute atomic E-state index is 0. The van der Waals surface area contributed by atoms with Crippen LogP contribution in [0.3, 0.4) is 0 Å². The zero-order chi connectivity index (χ0) is 13.7. The van der Waals surface area contributed by atoms with Gasteiger partial charge in [-0.05, 0) is 36.3 Å². The first-order valence-corrected chi connectivity index (χ1v) is 7.20. The second kappa shape index (κ2) is 7.86. The first kappa shape index (κ1) is 17.3. The summed E-state index contributed by atoms with van der Waals surface area (Å²) in [5, 5.41) is 3.13. The molecule has 0 spiro atoms. The lowest BCUT2D eigenvalue weighted by Crippen LogP contribution is -2.29. The number of hydrogen-bond donors (Lipinski definition) is 2. The van der Waals surface area contributed by atoms with Crippen molar-refractivity contribution in [2.45, 2.75) is 39.5 Å². The summed E-state index contributed by atoms with van der Waals surface area (Å²) in [6.45, 7) is 5.41. The molecule has 0 heterocycles. The third kappa shape index (κ3) is 4.96. The molecule has 1 aromatic rings. The third-order valence-corrected chi connectivity index (χ3v) is 4.16. The molecule has 0 aromatic heterocycles. The number of nitrogens with zero attached hydrogens (tertiary/aromatic N) is 1. The summed E-state index contributed by atoms with van der Waals surface area (Å²) < 4.78 is 0. The monoisotopic (exact) mass is 387 g/mol. The molecule has 0 saturated heterocycles. The van der Waals surface area contributed by atoms with Gasteiger partial charge in [0.1, 0.15) is 0 Å². The Morgan fingerprint density at radius 2 is 1.85 bits per heavy atom. The van der Waals surface area contributed by atoms with E-state index in [1.165, 1.54) is 25.7 Å². The lowest BCUT2D eigenvalue weighted by molar-refractivity contribution is 0.228. The number of benzene rings is 1. The van der Waals surface area contributed by atoms with Gasteiger partial charge in [-0.25, -0.2) is 0 Å². The summed E-state index contributed by atoms with van der Waals surface area (Å²) in [5.41, 5.74) is 7.19. The number of nitrogens with two attached hydrogens (primary N) is 1. The smallest absolute Gasteiger partial charge is 0.193 e. The molecule has 1 fully saturated rings. The highest BCUT2D eigenvalue weighted by atomic mass is 127. The minimum Gasteiger partial charge on any atom is -0.370 e. The van der Waals surface area contributed by atoms with Crippen molar-refractivity contribution >= 4 is 35.6 Å². The maximum atomic E-state index is 5.95. The Kier molecular flexibility index (Phi) is 6.79. The van der Waals surface area contributed by atoms with E-state index in [9.17, 15) is 0 Å². The van der Waals surface area contributed by atoms with Crippen molar-refractivity contribution in [1.29, 1.82) is 0 Å². The second-order valence-corrected chi connectivity index (χ2v) is 6.16. The van der Waals surface area contributed by atoms with Gasteiger partial charge in [0.2, 0.25) is 0 Å². The average molecular weight is 387 g/mol. The van der Waals surface area contributed by atoms with Crippen molar-refractivity contribution in [3.8, 4) is 0 Å². The van der Waals surface area contributed by atoms with Crippen LogP contribution in [-0.2, 0) is 0 Å². The standard InChI is InChI=1S/C16H25N3.HI/c1-16(2,13-8-6-7-9-13)12-18-15(17)19-14-10-4-3-5-11-14;/h3-5,10-11,13H,6-9,12H2,1-2H3,(H3,17,18,19);1H. The predicted octanol–water partition coefficient (Wildman–Crippen LogP) is 4.25. The Morgan fingerprint density at radius 1 is 1.25 bits per heavy atom. The van der Waals surface area contributed by atoms with Crippen LogP contribution in [0.4, 0.5) is 5.69 Å². The van der Waals surface area contributed by atoms with Gasteiger partial charge in [-0.3, -0.25) is 4.99 Å². The van der Waals surface area contributed by atoms with Gasteiger partial charge in [-0.2, -0.15) is 0 Å². The molecule has 112 valence electrons. The summed E-state index contributed by atoms with van der Waals surface area (Å²) in [6.07, 6.45) is 5.42. The number of anilines is 1. The van der Waals surface area contributed by atoms with Gasteiger partial charge in [-0.15, -0.1) is 24.0 Å². The number of guanidine groups is 1. The van der Waals surface area contributed by atoms with Crippen molar-refractivity contribution in [1.82, 2.24) is 0 Å². The van der Waals surface area contributed by atoms with Crippen molar-refractivity contribution in [3.05, 3.63) is 30.3 Å². The fourth-order valence-electron chi connectivity index (χ4n) is 2.83. The van der Waals surface area contributed by atoms with E-state index < -0.39 is 0 Å². The van der Waals surface area contributed by atoms with E-state index in [0.717, 1.165) is 18.2 Å². The third-order valence-electron chi connectivity index (χ3n) is 4.16. The summed E-state index contributed by atoms with van der Waals surface area (Å²) in [6, 6.07) is 9.94. The number of hydrogen-bond acceptors (Lipinski definition) is 1. The van der Waals surface area contributed by atoms with Crippen LogP contribution in [0.15, 0.2) is 35.3 Å². The molecular formula is C16H26IN3. The molecule has 0 bridgehead atoms. The number of aliphatic imine (C=N–C) groups is 1. The maximum absolute atomic E-state index is 5.95. The van der Waals surface area contributed by atoms with Gasteiger partial charge in [0, 0.05) is 12.2 Å². The topological polar surface area (TPSA) is 50.4 Å². The van der Waals surface area contributed by atoms with Crippen LogP contribution in [0, 0.1) is 11.3 Å². The normalized spacial score (nSPS) is 16.8. The van der Waals surface area contributed by atoms with Crippen LogP contribution in [0.2, 0.25) is 0 Å². The van der Waals surface area contributed by atoms with Crippen LogP contribution in [0.25, 0.3) is 0 Å². The predicted molar refractivity (Wildman–Crippen MR) is 97.7 cm³/mol. The van der Waals surface area contributed by atoms with E-state index in [2.05, 4.69) is 24.2 Å². The fourth-order valence-corrected chi connectivity index (χ4v) is 2.83. The van der Waals surface area contributed by atoms with E-state index in [1.807, 2.05) is 30.3 Å². The van der Waals surface area contributed by atoms with Crippen molar-refractivity contribution in [2.24, 2.45) is 22.1 Å². The number of rotatable bonds is 4. The van der Waals surface area contributed by atoms with E-state index in [0.29, 0.717) is 5.96 Å². The Labute approximate surface area is 139 Å². The van der Waals surface area contributed by atoms with Crippen molar-refractivity contribution in [2.75, 3.05) is 11.9 Å². The Bertz CT molecular complexity index is 423. The highest BCUT2D eigenvalue weighted by Crippen LogP contribution is 2.39. The molecule has 3 N–H and O–H groups in total. The number of para-hydroxylation sites is 1. The molecule has 1 aliphatic carbocycles. The molecule has 0 amide bonds. The van der Waals surface area contributed by atoms with Gasteiger partial charge >= 0.3 is 0 Å². The molecule has 0 radical (unpaired) electrons. The molecule has 20 heavy (non-hydrogen) atoms. The first-order valence-electron chi connectivity index (χ1n) is 7.20. The van der Waals surface area contributed by atoms with Crippen LogP contribution in [-0.4, -0.2) is 12.5 Å². The zero-order valence-electron chi connectivity index (χ0n) is 12.4. The van der Waals surface area contributed by atoms with Crippen molar-refractivity contribution < 1.29 is 0 Å². The quantitative estimate of drug-likeness (QED) is 0.461. The number of nitrogens with one attached hydrogen (secondary N) is 1. The second-order valence-electron chi connectivity index (χ2n) is 6.16. The molecule has 2 rings (SSSR count). The molecule has 0 unspecified atom stereocenters. The summed E-state index contributed by atoms with van der Waals surface area (Å²) in [5.74, 6) is 1.30. The lowest BCUT2D eigenvalue weighted by Gasteiger charge is -2.29. The highest BCUT2D eigenvalue weighted by Gasteiger charge is 2.31. The number of halogens is 1. The van der Waals surface area contributed by atoms with Crippen LogP contribution in [0.1, 0.15) is 39.5 Å². The average Bonchev–Trinajstić information content (AvgIpc) is 2.92. The van der Waals surface area contributed by atoms with Gasteiger partial charge in [-0.1, -0.05) is 44.9 Å². The summed E-state index contributed by atoms with van der Waals surface area (Å²) >= 11 is 0. The van der Waals surface area contributed by atoms with Gasteiger partial charge < -0.3 is 11.1 Å². The van der Waals surface area contributed by atoms with Gasteiger partial charge in [0.15, 0.2) is 5.96 Å². The Balaban J connectivity index is 0.00000200. The van der Waals surface area contributed by atoms with Gasteiger partial charge in [0.05, 0.1) is 0 Å². The molecule has 1 aromatic carbocycles. The van der Waals surface area contributed by atoms with Crippen LogP contribution >= 0.6 is 24.0 Å². The molecule has 1 aliphatic rings. The van der Waals surface area contributed by atoms with E-state index in [-0.39, 0.29) is 29.4 Å². The van der Waals surface area contributed by atoms with E-state index in [1.54, 1.807) is 0 Å². The summed E-state index contributed by atoms with van der Waals surface area (Å²) in [7, 11) is 0. The van der Waals surface area contributed by atoms with E-state index >= 15 is 0 Å². The Morgan fingerprint density at radius 3 is 2.45 bits per heavy atom. The molecule has 1 saturated carbocycles. The molecule has 0 aliphatic heterocycles. The summed E-state index contributed by atoms with van der Waals surface area (Å²) in [4.78, 5) is 4.52. The van der Waals surface area contributed by atoms with Crippen molar-refractivity contribution in [3.63, 3.8) is 0 Å². The van der Waals surface area contributed by atoms with Crippen LogP contribution in [0.5, 0.6) is 0 Å². The zero-order valence-corrected chi connectivity index (χ0v) is 14.8. The molecule has 3 nitrogen and oxygen atoms in total. The molecule has 0 atom stereocenters. The SMILES string of the molecule is CC(C)(CN=C(N)Nc1ccccc1)C1CCCC1.I. The molecule has 4 heteroatoms. The minimum atomic E-state index is 0. The maximum Gasteiger partial charge on any atom is 0.193 e. The first-order chi connectivity index (χ1) is 9.08.